The van der Waals surface area contributed by atoms with E-state index in [0.717, 1.165) is 10.0 Å². The van der Waals surface area contributed by atoms with Crippen LogP contribution < -0.4 is 5.73 Å². The third-order valence-corrected chi connectivity index (χ3v) is 5.28. The van der Waals surface area contributed by atoms with Crippen LogP contribution in [-0.2, 0) is 9.84 Å². The van der Waals surface area contributed by atoms with E-state index in [1.54, 1.807) is 0 Å². The molecule has 88 valence electrons. The fourth-order valence-electron chi connectivity index (χ4n) is 2.33. The lowest BCUT2D eigenvalue weighted by molar-refractivity contribution is 0.597. The lowest BCUT2D eigenvalue weighted by atomic mass is 10.1. The Labute approximate surface area is 104 Å². The Morgan fingerprint density at radius 3 is 2.25 bits per heavy atom. The average molecular weight is 304 g/mol. The molecule has 16 heavy (non-hydrogen) atoms. The summed E-state index contributed by atoms with van der Waals surface area (Å²) in [4.78, 5) is 0. The highest BCUT2D eigenvalue weighted by Crippen LogP contribution is 2.51. The molecule has 0 bridgehead atoms. The van der Waals surface area contributed by atoms with E-state index in [1.165, 1.54) is 6.26 Å². The van der Waals surface area contributed by atoms with Crippen molar-refractivity contribution in [3.8, 4) is 0 Å². The van der Waals surface area contributed by atoms with Crippen LogP contribution in [0.15, 0.2) is 28.7 Å². The molecule has 2 N–H and O–H groups in total. The van der Waals surface area contributed by atoms with Gasteiger partial charge in [-0.25, -0.2) is 8.42 Å². The minimum atomic E-state index is -2.99. The highest BCUT2D eigenvalue weighted by atomic mass is 79.9. The Hall–Kier alpha value is -0.390. The van der Waals surface area contributed by atoms with Gasteiger partial charge >= 0.3 is 0 Å². The smallest absolute Gasteiger partial charge is 0.151 e. The molecule has 0 radical (unpaired) electrons. The van der Waals surface area contributed by atoms with Crippen LogP contribution in [0, 0.1) is 5.92 Å². The van der Waals surface area contributed by atoms with Gasteiger partial charge in [-0.1, -0.05) is 28.1 Å². The van der Waals surface area contributed by atoms with E-state index in [2.05, 4.69) is 15.9 Å². The summed E-state index contributed by atoms with van der Waals surface area (Å²) in [5, 5.41) is -0.293. The molecule has 0 saturated heterocycles. The van der Waals surface area contributed by atoms with Gasteiger partial charge in [0.2, 0.25) is 0 Å². The summed E-state index contributed by atoms with van der Waals surface area (Å²) in [6, 6.07) is 7.78. The van der Waals surface area contributed by atoms with Crippen LogP contribution in [0.4, 0.5) is 0 Å². The van der Waals surface area contributed by atoms with E-state index >= 15 is 0 Å². The minimum Gasteiger partial charge on any atom is -0.330 e. The highest BCUT2D eigenvalue weighted by Gasteiger charge is 2.55. The van der Waals surface area contributed by atoms with Crippen molar-refractivity contribution in [2.75, 3.05) is 12.8 Å². The van der Waals surface area contributed by atoms with Crippen molar-refractivity contribution < 1.29 is 8.42 Å². The van der Waals surface area contributed by atoms with Gasteiger partial charge in [0.15, 0.2) is 9.84 Å². The summed E-state index contributed by atoms with van der Waals surface area (Å²) in [7, 11) is -2.99. The van der Waals surface area contributed by atoms with Crippen LogP contribution in [0.3, 0.4) is 0 Å². The second-order valence-corrected chi connectivity index (χ2v) is 7.39. The third-order valence-electron chi connectivity index (χ3n) is 3.12. The Bertz CT molecular complexity index is 483. The quantitative estimate of drug-likeness (QED) is 0.921. The van der Waals surface area contributed by atoms with Crippen LogP contribution >= 0.6 is 15.9 Å². The molecule has 3 nitrogen and oxygen atoms in total. The molecule has 0 unspecified atom stereocenters. The fourth-order valence-corrected chi connectivity index (χ4v) is 4.31. The summed E-state index contributed by atoms with van der Waals surface area (Å²) < 4.78 is 24.1. The van der Waals surface area contributed by atoms with E-state index in [4.69, 9.17) is 5.73 Å². The van der Waals surface area contributed by atoms with Gasteiger partial charge in [-0.15, -0.1) is 0 Å². The van der Waals surface area contributed by atoms with E-state index in [0.29, 0.717) is 6.54 Å². The maximum atomic E-state index is 11.5. The van der Waals surface area contributed by atoms with Crippen molar-refractivity contribution in [1.82, 2.24) is 0 Å². The van der Waals surface area contributed by atoms with E-state index in [1.807, 2.05) is 24.3 Å². The summed E-state index contributed by atoms with van der Waals surface area (Å²) in [6.45, 7) is 0.429. The van der Waals surface area contributed by atoms with Crippen molar-refractivity contribution in [3.63, 3.8) is 0 Å². The SMILES string of the molecule is CS(=O)(=O)[C@@H]1[C@H](CN)[C@H]1c1ccc(Br)cc1. The Kier molecular flexibility index (Phi) is 3.11. The molecule has 1 saturated carbocycles. The summed E-state index contributed by atoms with van der Waals surface area (Å²) in [6.07, 6.45) is 1.29. The van der Waals surface area contributed by atoms with E-state index in [9.17, 15) is 8.42 Å². The molecule has 0 aliphatic heterocycles. The Balaban J connectivity index is 2.27. The van der Waals surface area contributed by atoms with Crippen LogP contribution in [0.25, 0.3) is 0 Å². The summed E-state index contributed by atoms with van der Waals surface area (Å²) in [5.41, 5.74) is 6.67. The van der Waals surface area contributed by atoms with Crippen LogP contribution in [0.2, 0.25) is 0 Å². The number of hydrogen-bond donors (Lipinski definition) is 1. The van der Waals surface area contributed by atoms with Crippen molar-refractivity contribution in [1.29, 1.82) is 0 Å². The van der Waals surface area contributed by atoms with Crippen molar-refractivity contribution in [2.24, 2.45) is 11.7 Å². The first kappa shape index (κ1) is 12.1. The molecule has 0 spiro atoms. The molecule has 1 aromatic rings. The van der Waals surface area contributed by atoms with Gasteiger partial charge in [0.05, 0.1) is 5.25 Å². The molecule has 2 rings (SSSR count). The first-order valence-electron chi connectivity index (χ1n) is 5.09. The monoisotopic (exact) mass is 303 g/mol. The van der Waals surface area contributed by atoms with Crippen LogP contribution in [0.5, 0.6) is 0 Å². The molecule has 3 atom stereocenters. The number of rotatable bonds is 3. The summed E-state index contributed by atoms with van der Waals surface area (Å²) >= 11 is 3.36. The third kappa shape index (κ3) is 2.17. The molecule has 0 heterocycles. The molecular formula is C11H14BrNO2S. The number of hydrogen-bond acceptors (Lipinski definition) is 3. The Morgan fingerprint density at radius 1 is 1.31 bits per heavy atom. The molecule has 0 amide bonds. The lowest BCUT2D eigenvalue weighted by Gasteiger charge is -1.99. The van der Waals surface area contributed by atoms with E-state index < -0.39 is 9.84 Å². The standard InChI is InChI=1S/C11H14BrNO2S/c1-16(14,15)11-9(6-13)10(11)7-2-4-8(12)5-3-7/h2-5,9-11H,6,13H2,1H3/t9-,10-,11-/m1/s1. The Morgan fingerprint density at radius 2 is 1.88 bits per heavy atom. The summed E-state index contributed by atoms with van der Waals surface area (Å²) in [5.74, 6) is 0.157. The van der Waals surface area contributed by atoms with Crippen molar-refractivity contribution in [2.45, 2.75) is 11.2 Å². The number of benzene rings is 1. The van der Waals surface area contributed by atoms with Crippen LogP contribution in [-0.4, -0.2) is 26.5 Å². The number of nitrogens with two attached hydrogens (primary N) is 1. The van der Waals surface area contributed by atoms with Gasteiger partial charge in [-0.2, -0.15) is 0 Å². The second kappa shape index (κ2) is 4.13. The molecule has 0 aromatic heterocycles. The predicted octanol–water partition coefficient (Wildman–Crippen LogP) is 1.53. The van der Waals surface area contributed by atoms with Gasteiger partial charge in [-0.3, -0.25) is 0 Å². The minimum absolute atomic E-state index is 0.0769. The van der Waals surface area contributed by atoms with Crippen molar-refractivity contribution in [3.05, 3.63) is 34.3 Å². The molecule has 5 heteroatoms. The second-order valence-electron chi connectivity index (χ2n) is 4.27. The highest BCUT2D eigenvalue weighted by molar-refractivity contribution is 9.10. The fraction of sp³-hybridized carbons (Fsp3) is 0.455. The van der Waals surface area contributed by atoms with Crippen molar-refractivity contribution >= 4 is 25.8 Å². The zero-order valence-electron chi connectivity index (χ0n) is 8.93. The van der Waals surface area contributed by atoms with Gasteiger partial charge < -0.3 is 5.73 Å². The normalized spacial score (nSPS) is 29.1. The zero-order valence-corrected chi connectivity index (χ0v) is 11.3. The molecule has 1 aromatic carbocycles. The van der Waals surface area contributed by atoms with Crippen LogP contribution in [0.1, 0.15) is 11.5 Å². The molecule has 1 fully saturated rings. The number of halogens is 1. The maximum Gasteiger partial charge on any atom is 0.151 e. The zero-order chi connectivity index (χ0) is 11.9. The largest absolute Gasteiger partial charge is 0.330 e. The van der Waals surface area contributed by atoms with Gasteiger partial charge in [0.1, 0.15) is 0 Å². The molecular weight excluding hydrogens is 290 g/mol. The topological polar surface area (TPSA) is 60.2 Å². The van der Waals surface area contributed by atoms with E-state index in [-0.39, 0.29) is 17.1 Å². The molecule has 1 aliphatic rings. The first-order chi connectivity index (χ1) is 7.45. The maximum absolute atomic E-state index is 11.5. The number of sulfone groups is 1. The van der Waals surface area contributed by atoms with Gasteiger partial charge in [-0.05, 0) is 30.2 Å². The average Bonchev–Trinajstić information content (AvgIpc) is 2.92. The lowest BCUT2D eigenvalue weighted by Crippen LogP contribution is -2.11. The van der Waals surface area contributed by atoms with Gasteiger partial charge in [0.25, 0.3) is 0 Å². The van der Waals surface area contributed by atoms with Gasteiger partial charge in [0, 0.05) is 16.6 Å². The first-order valence-corrected chi connectivity index (χ1v) is 7.84. The molecule has 1 aliphatic carbocycles. The predicted molar refractivity (Wildman–Crippen MR) is 68.1 cm³/mol.